The Hall–Kier alpha value is 0.280. The Kier molecular flexibility index (Phi) is 3.88. The summed E-state index contributed by atoms with van der Waals surface area (Å²) in [4.78, 5) is 0. The first-order valence-electron chi connectivity index (χ1n) is 4.25. The third-order valence-corrected chi connectivity index (χ3v) is 3.27. The Morgan fingerprint density at radius 2 is 2.25 bits per heavy atom. The van der Waals surface area contributed by atoms with E-state index in [0.29, 0.717) is 5.41 Å². The molecule has 0 aromatic heterocycles. The first-order valence-corrected chi connectivity index (χ1v) is 5.22. The molecule has 1 N–H and O–H groups in total. The maximum absolute atomic E-state index is 5.82. The molecule has 0 heterocycles. The van der Waals surface area contributed by atoms with Crippen LogP contribution in [0.4, 0.5) is 0 Å². The predicted molar refractivity (Wildman–Crippen MR) is 54.9 cm³/mol. The molecule has 1 aliphatic carbocycles. The van der Waals surface area contributed by atoms with Gasteiger partial charge in [-0.2, -0.15) is 0 Å². The van der Waals surface area contributed by atoms with Crippen LogP contribution in [-0.4, -0.2) is 19.0 Å². The van der Waals surface area contributed by atoms with Gasteiger partial charge in [-0.15, -0.1) is 11.6 Å². The monoisotopic (exact) mass is 207 g/mol. The Labute approximate surface area is 84.1 Å². The molecule has 1 nitrogen and oxygen atoms in total. The average Bonchev–Trinajstić information content (AvgIpc) is 2.85. The fourth-order valence-electron chi connectivity index (χ4n) is 1.10. The molecular formula is C9H15Cl2N. The van der Waals surface area contributed by atoms with Crippen molar-refractivity contribution >= 4 is 23.2 Å². The quantitative estimate of drug-likeness (QED) is 0.685. The molecular weight excluding hydrogens is 193 g/mol. The fraction of sp³-hybridized carbons (Fsp3) is 0.778. The average molecular weight is 208 g/mol. The summed E-state index contributed by atoms with van der Waals surface area (Å²) in [6, 6.07) is 0. The van der Waals surface area contributed by atoms with Gasteiger partial charge in [-0.05, 0) is 30.8 Å². The van der Waals surface area contributed by atoms with Crippen LogP contribution in [0.25, 0.3) is 0 Å². The van der Waals surface area contributed by atoms with Crippen LogP contribution in [0, 0.1) is 5.41 Å². The lowest BCUT2D eigenvalue weighted by Crippen LogP contribution is -2.26. The predicted octanol–water partition coefficient (Wildman–Crippen LogP) is 2.74. The van der Waals surface area contributed by atoms with Crippen LogP contribution in [0.5, 0.6) is 0 Å². The van der Waals surface area contributed by atoms with Crippen LogP contribution in [0.3, 0.4) is 0 Å². The van der Waals surface area contributed by atoms with Crippen LogP contribution < -0.4 is 5.32 Å². The lowest BCUT2D eigenvalue weighted by Gasteiger charge is -2.11. The van der Waals surface area contributed by atoms with Gasteiger partial charge < -0.3 is 5.32 Å². The summed E-state index contributed by atoms with van der Waals surface area (Å²) in [7, 11) is 0. The summed E-state index contributed by atoms with van der Waals surface area (Å²) in [6.45, 7) is 3.92. The van der Waals surface area contributed by atoms with Crippen molar-refractivity contribution in [2.45, 2.75) is 19.8 Å². The van der Waals surface area contributed by atoms with E-state index in [1.807, 2.05) is 6.92 Å². The zero-order valence-electron chi connectivity index (χ0n) is 7.37. The molecule has 70 valence electrons. The van der Waals surface area contributed by atoms with Gasteiger partial charge in [0.2, 0.25) is 0 Å². The van der Waals surface area contributed by atoms with Gasteiger partial charge in [0, 0.05) is 24.5 Å². The van der Waals surface area contributed by atoms with Crippen molar-refractivity contribution in [1.82, 2.24) is 5.32 Å². The van der Waals surface area contributed by atoms with Crippen LogP contribution in [0.15, 0.2) is 11.1 Å². The van der Waals surface area contributed by atoms with E-state index in [-0.39, 0.29) is 0 Å². The topological polar surface area (TPSA) is 12.0 Å². The van der Waals surface area contributed by atoms with E-state index < -0.39 is 0 Å². The molecule has 1 fully saturated rings. The van der Waals surface area contributed by atoms with Crippen LogP contribution in [0.1, 0.15) is 19.8 Å². The maximum Gasteiger partial charge on any atom is 0.0292 e. The van der Waals surface area contributed by atoms with Gasteiger partial charge >= 0.3 is 0 Å². The van der Waals surface area contributed by atoms with Gasteiger partial charge in [-0.3, -0.25) is 0 Å². The van der Waals surface area contributed by atoms with Crippen LogP contribution in [-0.2, 0) is 0 Å². The third kappa shape index (κ3) is 2.96. The minimum atomic E-state index is 0.411. The van der Waals surface area contributed by atoms with Crippen molar-refractivity contribution < 1.29 is 0 Å². The molecule has 0 spiro atoms. The van der Waals surface area contributed by atoms with E-state index in [9.17, 15) is 0 Å². The minimum absolute atomic E-state index is 0.411. The molecule has 0 aromatic carbocycles. The number of nitrogens with one attached hydrogen (secondary N) is 1. The van der Waals surface area contributed by atoms with E-state index in [1.54, 1.807) is 5.54 Å². The second kappa shape index (κ2) is 4.50. The highest BCUT2D eigenvalue weighted by molar-refractivity contribution is 6.25. The first kappa shape index (κ1) is 10.4. The highest BCUT2D eigenvalue weighted by Crippen LogP contribution is 2.45. The molecule has 0 aliphatic heterocycles. The second-order valence-electron chi connectivity index (χ2n) is 3.69. The van der Waals surface area contributed by atoms with Gasteiger partial charge in [0.05, 0.1) is 0 Å². The SMILES string of the molecule is CC(=CCl)CNCC1(CCl)CC1. The third-order valence-electron chi connectivity index (χ3n) is 2.33. The maximum atomic E-state index is 5.82. The molecule has 1 saturated carbocycles. The highest BCUT2D eigenvalue weighted by Gasteiger charge is 2.40. The van der Waals surface area contributed by atoms with E-state index >= 15 is 0 Å². The van der Waals surface area contributed by atoms with E-state index in [1.165, 1.54) is 18.4 Å². The van der Waals surface area contributed by atoms with E-state index in [2.05, 4.69) is 5.32 Å². The molecule has 1 rings (SSSR count). The van der Waals surface area contributed by atoms with Crippen LogP contribution in [0.2, 0.25) is 0 Å². The van der Waals surface area contributed by atoms with Crippen molar-refractivity contribution in [3.8, 4) is 0 Å². The number of hydrogen-bond donors (Lipinski definition) is 1. The van der Waals surface area contributed by atoms with Crippen molar-refractivity contribution in [3.63, 3.8) is 0 Å². The highest BCUT2D eigenvalue weighted by atomic mass is 35.5. The Bertz CT molecular complexity index is 173. The zero-order chi connectivity index (χ0) is 9.03. The molecule has 0 amide bonds. The minimum Gasteiger partial charge on any atom is -0.312 e. The number of alkyl halides is 1. The normalized spacial score (nSPS) is 21.1. The van der Waals surface area contributed by atoms with Crippen molar-refractivity contribution in [2.75, 3.05) is 19.0 Å². The Morgan fingerprint density at radius 3 is 2.67 bits per heavy atom. The van der Waals surface area contributed by atoms with Gasteiger partial charge in [-0.25, -0.2) is 0 Å². The summed E-state index contributed by atoms with van der Waals surface area (Å²) in [5, 5.41) is 3.35. The fourth-order valence-corrected chi connectivity index (χ4v) is 1.54. The van der Waals surface area contributed by atoms with E-state index in [4.69, 9.17) is 23.2 Å². The molecule has 1 aliphatic rings. The summed E-state index contributed by atoms with van der Waals surface area (Å²) < 4.78 is 0. The van der Waals surface area contributed by atoms with Gasteiger partial charge in [0.15, 0.2) is 0 Å². The molecule has 0 radical (unpaired) electrons. The molecule has 0 aromatic rings. The number of hydrogen-bond acceptors (Lipinski definition) is 1. The molecule has 0 bridgehead atoms. The first-order chi connectivity index (χ1) is 5.72. The van der Waals surface area contributed by atoms with Gasteiger partial charge in [0.1, 0.15) is 0 Å². The van der Waals surface area contributed by atoms with Crippen molar-refractivity contribution in [2.24, 2.45) is 5.41 Å². The van der Waals surface area contributed by atoms with E-state index in [0.717, 1.165) is 19.0 Å². The molecule has 3 heteroatoms. The number of halogens is 2. The Balaban J connectivity index is 2.10. The standard InChI is InChI=1S/C9H15Cl2N/c1-8(4-10)5-12-7-9(6-11)2-3-9/h4,12H,2-3,5-7H2,1H3. The molecule has 12 heavy (non-hydrogen) atoms. The van der Waals surface area contributed by atoms with Gasteiger partial charge in [0.25, 0.3) is 0 Å². The number of rotatable bonds is 5. The summed E-state index contributed by atoms with van der Waals surface area (Å²) >= 11 is 11.3. The molecule has 0 unspecified atom stereocenters. The van der Waals surface area contributed by atoms with Crippen LogP contribution >= 0.6 is 23.2 Å². The van der Waals surface area contributed by atoms with Crippen molar-refractivity contribution in [1.29, 1.82) is 0 Å². The lowest BCUT2D eigenvalue weighted by molar-refractivity contribution is 0.520. The lowest BCUT2D eigenvalue weighted by atomic mass is 10.1. The molecule has 0 saturated heterocycles. The summed E-state index contributed by atoms with van der Waals surface area (Å²) in [6.07, 6.45) is 2.54. The smallest absolute Gasteiger partial charge is 0.0292 e. The summed E-state index contributed by atoms with van der Waals surface area (Å²) in [5.41, 5.74) is 3.20. The Morgan fingerprint density at radius 1 is 1.58 bits per heavy atom. The largest absolute Gasteiger partial charge is 0.312 e. The van der Waals surface area contributed by atoms with Crippen molar-refractivity contribution in [3.05, 3.63) is 11.1 Å². The summed E-state index contributed by atoms with van der Waals surface area (Å²) in [5.74, 6) is 0.781. The van der Waals surface area contributed by atoms with Gasteiger partial charge in [-0.1, -0.05) is 11.6 Å². The zero-order valence-corrected chi connectivity index (χ0v) is 8.88. The molecule has 0 atom stereocenters. The second-order valence-corrected chi connectivity index (χ2v) is 4.18.